The van der Waals surface area contributed by atoms with Gasteiger partial charge in [-0.2, -0.15) is 0 Å². The Hall–Kier alpha value is -2.57. The average molecular weight is 736 g/mol. The minimum atomic E-state index is -1.08. The second kappa shape index (κ2) is 18.7. The number of aliphatic hydroxyl groups is 1. The standard InChI is InChI=1S/C39H69N5O8/c1-14-31(45)39(11)34(44(37(47)52-39)20-16-15-19-41-42-40)24(3)18-17-23(2)21-25(4)32(28(7)33-29(8)35(46)51-38(9,10)50-33)49-36-27(6)30(43(12)13)22-26(5)48-36/h23-28,30-32,34,36,45H,14-22H2,1-13H3/t23-,24-,25-,26?,27?,28+,30?,31+,32-,34+,36-,39+/m0/s1. The summed E-state index contributed by atoms with van der Waals surface area (Å²) in [5, 5.41) is 14.7. The summed E-state index contributed by atoms with van der Waals surface area (Å²) in [6.07, 6.45) is 3.42. The number of aliphatic hydroxyl groups excluding tert-OH is 1. The molecule has 13 heteroatoms. The first-order chi connectivity index (χ1) is 24.3. The van der Waals surface area contributed by atoms with Crippen LogP contribution in [0.25, 0.3) is 10.4 Å². The average Bonchev–Trinajstić information content (AvgIpc) is 3.33. The van der Waals surface area contributed by atoms with E-state index in [1.54, 1.807) is 25.7 Å². The molecule has 0 aromatic carbocycles. The summed E-state index contributed by atoms with van der Waals surface area (Å²) in [4.78, 5) is 32.9. The molecule has 12 atom stereocenters. The maximum absolute atomic E-state index is 13.2. The van der Waals surface area contributed by atoms with Crippen LogP contribution in [-0.4, -0.2) is 102 Å². The van der Waals surface area contributed by atoms with Gasteiger partial charge in [0.2, 0.25) is 5.79 Å². The van der Waals surface area contributed by atoms with E-state index in [2.05, 4.69) is 70.6 Å². The Morgan fingerprint density at radius 2 is 1.75 bits per heavy atom. The minimum Gasteiger partial charge on any atom is -0.456 e. The highest BCUT2D eigenvalue weighted by atomic mass is 16.7. The topological polar surface area (TPSA) is 156 Å². The van der Waals surface area contributed by atoms with Crippen molar-refractivity contribution in [1.29, 1.82) is 0 Å². The highest BCUT2D eigenvalue weighted by Gasteiger charge is 2.56. The highest BCUT2D eigenvalue weighted by Crippen LogP contribution is 2.42. The number of rotatable bonds is 19. The largest absolute Gasteiger partial charge is 0.456 e. The molecular weight excluding hydrogens is 666 g/mol. The second-order valence-electron chi connectivity index (χ2n) is 16.9. The van der Waals surface area contributed by atoms with Crippen LogP contribution in [0.2, 0.25) is 0 Å². The zero-order valence-corrected chi connectivity index (χ0v) is 34.3. The van der Waals surface area contributed by atoms with Crippen LogP contribution < -0.4 is 0 Å². The fourth-order valence-corrected chi connectivity index (χ4v) is 8.83. The smallest absolute Gasteiger partial charge is 0.410 e. The molecule has 3 unspecified atom stereocenters. The summed E-state index contributed by atoms with van der Waals surface area (Å²) in [6.45, 7) is 22.8. The first-order valence-corrected chi connectivity index (χ1v) is 19.6. The van der Waals surface area contributed by atoms with Crippen LogP contribution in [0, 0.1) is 29.6 Å². The van der Waals surface area contributed by atoms with Gasteiger partial charge in [-0.15, -0.1) is 0 Å². The molecule has 0 bridgehead atoms. The number of ether oxygens (including phenoxy) is 5. The number of hydrogen-bond donors (Lipinski definition) is 1. The van der Waals surface area contributed by atoms with Gasteiger partial charge in [-0.1, -0.05) is 53.1 Å². The van der Waals surface area contributed by atoms with Crippen molar-refractivity contribution in [3.63, 3.8) is 0 Å². The zero-order chi connectivity index (χ0) is 39.1. The van der Waals surface area contributed by atoms with Gasteiger partial charge in [-0.05, 0) is 96.7 Å². The van der Waals surface area contributed by atoms with E-state index in [0.29, 0.717) is 55.6 Å². The summed E-state index contributed by atoms with van der Waals surface area (Å²) in [7, 11) is 4.20. The molecule has 52 heavy (non-hydrogen) atoms. The molecule has 0 radical (unpaired) electrons. The number of hydrogen-bond acceptors (Lipinski definition) is 10. The van der Waals surface area contributed by atoms with E-state index in [0.717, 1.165) is 25.7 Å². The zero-order valence-electron chi connectivity index (χ0n) is 34.3. The number of unbranched alkanes of at least 4 members (excludes halogenated alkanes) is 1. The van der Waals surface area contributed by atoms with Gasteiger partial charge in [0, 0.05) is 49.7 Å². The Labute approximate surface area is 312 Å². The molecule has 3 rings (SSSR count). The number of cyclic esters (lactones) is 2. The summed E-state index contributed by atoms with van der Waals surface area (Å²) < 4.78 is 31.2. The lowest BCUT2D eigenvalue weighted by Crippen LogP contribution is -2.54. The molecule has 3 heterocycles. The van der Waals surface area contributed by atoms with Crippen LogP contribution in [0.4, 0.5) is 4.79 Å². The third-order valence-electron chi connectivity index (χ3n) is 11.7. The molecule has 0 spiro atoms. The maximum atomic E-state index is 13.2. The van der Waals surface area contributed by atoms with E-state index in [1.807, 2.05) is 13.8 Å². The number of esters is 1. The molecule has 0 aromatic rings. The molecule has 3 aliphatic rings. The molecule has 13 nitrogen and oxygen atoms in total. The van der Waals surface area contributed by atoms with Crippen LogP contribution in [0.15, 0.2) is 16.4 Å². The lowest BCUT2D eigenvalue weighted by atomic mass is 9.77. The van der Waals surface area contributed by atoms with Crippen LogP contribution in [-0.2, 0) is 28.5 Å². The quantitative estimate of drug-likeness (QED) is 0.0460. The molecule has 0 saturated carbocycles. The van der Waals surface area contributed by atoms with Crippen LogP contribution in [0.1, 0.15) is 121 Å². The number of carbonyl (C=O) groups is 2. The van der Waals surface area contributed by atoms with E-state index < -0.39 is 29.9 Å². The molecule has 1 N–H and O–H groups in total. The second-order valence-corrected chi connectivity index (χ2v) is 16.9. The Morgan fingerprint density at radius 1 is 1.08 bits per heavy atom. The van der Waals surface area contributed by atoms with Crippen LogP contribution >= 0.6 is 0 Å². The van der Waals surface area contributed by atoms with Crippen molar-refractivity contribution >= 4 is 12.1 Å². The predicted molar refractivity (Wildman–Crippen MR) is 200 cm³/mol. The summed E-state index contributed by atoms with van der Waals surface area (Å²) in [5.74, 6) is -0.557. The summed E-state index contributed by atoms with van der Waals surface area (Å²) >= 11 is 0. The molecule has 2 saturated heterocycles. The van der Waals surface area contributed by atoms with Gasteiger partial charge in [-0.3, -0.25) is 0 Å². The fourth-order valence-electron chi connectivity index (χ4n) is 8.83. The SMILES string of the molecule is CC[C@@H](O)[C@@]1(C)OC(=O)N(CCCCN=[N+]=[N-])[C@@H]1[C@@H](C)CC[C@H](C)C[C@H](C)[C@H](O[C@@H]1OC(C)CC(N(C)C)C1C)[C@@H](C)C1=C(C)C(=O)OC(C)(C)O1. The van der Waals surface area contributed by atoms with E-state index in [4.69, 9.17) is 29.2 Å². The number of amides is 1. The van der Waals surface area contributed by atoms with E-state index >= 15 is 0 Å². The maximum Gasteiger partial charge on any atom is 0.410 e. The fraction of sp³-hybridized carbons (Fsp3) is 0.897. The third-order valence-corrected chi connectivity index (χ3v) is 11.7. The van der Waals surface area contributed by atoms with Crippen molar-refractivity contribution in [2.45, 2.75) is 169 Å². The van der Waals surface area contributed by atoms with E-state index in [9.17, 15) is 14.7 Å². The summed E-state index contributed by atoms with van der Waals surface area (Å²) in [5.41, 5.74) is 8.06. The lowest BCUT2D eigenvalue weighted by Gasteiger charge is -2.45. The van der Waals surface area contributed by atoms with Crippen molar-refractivity contribution < 1.29 is 38.4 Å². The van der Waals surface area contributed by atoms with Gasteiger partial charge < -0.3 is 38.6 Å². The van der Waals surface area contributed by atoms with Crippen molar-refractivity contribution in [2.24, 2.45) is 34.7 Å². The van der Waals surface area contributed by atoms with E-state index in [1.165, 1.54) is 0 Å². The van der Waals surface area contributed by atoms with Crippen LogP contribution in [0.5, 0.6) is 0 Å². The van der Waals surface area contributed by atoms with Crippen molar-refractivity contribution in [1.82, 2.24) is 9.80 Å². The highest BCUT2D eigenvalue weighted by molar-refractivity contribution is 5.89. The molecule has 298 valence electrons. The van der Waals surface area contributed by atoms with Crippen molar-refractivity contribution in [2.75, 3.05) is 27.2 Å². The summed E-state index contributed by atoms with van der Waals surface area (Å²) in [6, 6.07) is 0.00313. The third kappa shape index (κ3) is 10.6. The molecular formula is C39H69N5O8. The number of carbonyl (C=O) groups excluding carboxylic acids is 2. The predicted octanol–water partition coefficient (Wildman–Crippen LogP) is 7.81. The number of nitrogens with zero attached hydrogens (tertiary/aromatic N) is 5. The minimum absolute atomic E-state index is 0.0371. The van der Waals surface area contributed by atoms with Gasteiger partial charge >= 0.3 is 12.1 Å². The first-order valence-electron chi connectivity index (χ1n) is 19.6. The lowest BCUT2D eigenvalue weighted by molar-refractivity contribution is -0.263. The van der Waals surface area contributed by atoms with Gasteiger partial charge in [0.15, 0.2) is 11.9 Å². The van der Waals surface area contributed by atoms with Gasteiger partial charge in [0.1, 0.15) is 5.76 Å². The van der Waals surface area contributed by atoms with Crippen LogP contribution in [0.3, 0.4) is 0 Å². The number of azide groups is 1. The Morgan fingerprint density at radius 3 is 2.37 bits per heavy atom. The monoisotopic (exact) mass is 736 g/mol. The molecule has 1 amide bonds. The first kappa shape index (κ1) is 43.8. The van der Waals surface area contributed by atoms with Gasteiger partial charge in [0.05, 0.1) is 29.9 Å². The molecule has 0 aliphatic carbocycles. The molecule has 0 aromatic heterocycles. The molecule has 3 aliphatic heterocycles. The van der Waals surface area contributed by atoms with Crippen molar-refractivity contribution in [3.8, 4) is 0 Å². The van der Waals surface area contributed by atoms with Gasteiger partial charge in [-0.25, -0.2) is 9.59 Å². The van der Waals surface area contributed by atoms with E-state index in [-0.39, 0.29) is 47.9 Å². The van der Waals surface area contributed by atoms with Crippen molar-refractivity contribution in [3.05, 3.63) is 21.8 Å². The normalized spacial score (nSPS) is 31.2. The Balaban J connectivity index is 1.81. The Kier molecular flexibility index (Phi) is 15.7. The Bertz CT molecular complexity index is 1290. The van der Waals surface area contributed by atoms with Gasteiger partial charge in [0.25, 0.3) is 0 Å². The molecule has 2 fully saturated rings.